The van der Waals surface area contributed by atoms with Crippen LogP contribution in [0.15, 0.2) is 30.3 Å². The number of hydrogen-bond donors (Lipinski definition) is 0. The van der Waals surface area contributed by atoms with Gasteiger partial charge in [0.25, 0.3) is 0 Å². The van der Waals surface area contributed by atoms with E-state index in [0.29, 0.717) is 31.2 Å². The number of amides is 1. The molecule has 1 aliphatic heterocycles. The molecular weight excluding hydrogens is 414 g/mol. The third-order valence-electron chi connectivity index (χ3n) is 7.11. The number of hydrogen-bond acceptors (Lipinski definition) is 4. The minimum atomic E-state index is -0.148. The van der Waals surface area contributed by atoms with E-state index in [1.807, 2.05) is 11.0 Å². The highest BCUT2D eigenvalue weighted by Gasteiger charge is 2.34. The predicted molar refractivity (Wildman–Crippen MR) is 130 cm³/mol. The number of carbonyl (C=O) groups is 1. The molecule has 1 saturated carbocycles. The highest BCUT2D eigenvalue weighted by Crippen LogP contribution is 2.39. The lowest BCUT2D eigenvalue weighted by molar-refractivity contribution is -0.136. The van der Waals surface area contributed by atoms with Crippen molar-refractivity contribution >= 4 is 5.91 Å². The molecule has 178 valence electrons. The van der Waals surface area contributed by atoms with Gasteiger partial charge in [0.2, 0.25) is 5.91 Å². The second-order valence-electron chi connectivity index (χ2n) is 9.60. The number of fused-ring (bicyclic) bond motifs is 1. The summed E-state index contributed by atoms with van der Waals surface area (Å²) in [5, 5.41) is 0. The summed E-state index contributed by atoms with van der Waals surface area (Å²) in [4.78, 5) is 15.5. The maximum absolute atomic E-state index is 13.5. The second-order valence-corrected chi connectivity index (χ2v) is 9.60. The van der Waals surface area contributed by atoms with Crippen molar-refractivity contribution in [1.82, 2.24) is 4.90 Å². The van der Waals surface area contributed by atoms with Crippen molar-refractivity contribution in [3.8, 4) is 17.2 Å². The predicted octanol–water partition coefficient (Wildman–Crippen LogP) is 5.80. The van der Waals surface area contributed by atoms with Gasteiger partial charge in [-0.1, -0.05) is 25.3 Å². The molecule has 0 spiro atoms. The number of benzene rings is 2. The normalized spacial score (nSPS) is 18.5. The fraction of sp³-hybridized carbons (Fsp3) is 0.536. The van der Waals surface area contributed by atoms with E-state index >= 15 is 0 Å². The number of ether oxygens (including phenoxy) is 3. The SMILES string of the molecule is COc1cc2c(cc1OC)[C@H](COc1cc(C)cc(C)c1)N(C(=O)CC1CCCCC1)CC2. The standard InChI is InChI=1S/C28H37NO4/c1-19-12-20(2)14-23(13-19)33-18-25-24-17-27(32-4)26(31-3)16-22(24)10-11-29(25)28(30)15-21-8-6-5-7-9-21/h12-14,16-17,21,25H,5-11,15,18H2,1-4H3/t25-/m0/s1. The van der Waals surface area contributed by atoms with Gasteiger partial charge in [-0.3, -0.25) is 4.79 Å². The number of carbonyl (C=O) groups excluding carboxylic acids is 1. The fourth-order valence-corrected chi connectivity index (χ4v) is 5.45. The van der Waals surface area contributed by atoms with Crippen LogP contribution < -0.4 is 14.2 Å². The molecule has 33 heavy (non-hydrogen) atoms. The van der Waals surface area contributed by atoms with Crippen molar-refractivity contribution in [2.45, 2.75) is 64.8 Å². The number of aryl methyl sites for hydroxylation is 2. The van der Waals surface area contributed by atoms with Crippen LogP contribution in [-0.4, -0.2) is 38.2 Å². The second kappa shape index (κ2) is 10.5. The molecule has 1 amide bonds. The molecule has 0 aromatic heterocycles. The first-order valence-corrected chi connectivity index (χ1v) is 12.2. The Kier molecular flexibility index (Phi) is 7.46. The number of rotatable bonds is 7. The molecule has 2 aliphatic rings. The molecule has 0 N–H and O–H groups in total. The summed E-state index contributed by atoms with van der Waals surface area (Å²) in [6.45, 7) is 5.27. The van der Waals surface area contributed by atoms with Gasteiger partial charge in [-0.2, -0.15) is 0 Å². The number of nitrogens with zero attached hydrogens (tertiary/aromatic N) is 1. The summed E-state index contributed by atoms with van der Waals surface area (Å²) in [5.41, 5.74) is 4.64. The molecule has 0 bridgehead atoms. The lowest BCUT2D eigenvalue weighted by Crippen LogP contribution is -2.43. The van der Waals surface area contributed by atoms with Crippen LogP contribution in [0.25, 0.3) is 0 Å². The molecule has 1 aliphatic carbocycles. The molecular formula is C28H37NO4. The lowest BCUT2D eigenvalue weighted by Gasteiger charge is -2.38. The molecule has 1 fully saturated rings. The van der Waals surface area contributed by atoms with E-state index in [1.54, 1.807) is 14.2 Å². The van der Waals surface area contributed by atoms with Crippen LogP contribution >= 0.6 is 0 Å². The Labute approximate surface area is 198 Å². The summed E-state index contributed by atoms with van der Waals surface area (Å²) < 4.78 is 17.4. The van der Waals surface area contributed by atoms with Gasteiger partial charge >= 0.3 is 0 Å². The highest BCUT2D eigenvalue weighted by molar-refractivity contribution is 5.77. The van der Waals surface area contributed by atoms with Gasteiger partial charge in [0.05, 0.1) is 20.3 Å². The van der Waals surface area contributed by atoms with E-state index in [-0.39, 0.29) is 11.9 Å². The van der Waals surface area contributed by atoms with Crippen LogP contribution in [0.3, 0.4) is 0 Å². The lowest BCUT2D eigenvalue weighted by atomic mass is 9.85. The maximum Gasteiger partial charge on any atom is 0.223 e. The average Bonchev–Trinajstić information content (AvgIpc) is 2.81. The third kappa shape index (κ3) is 5.45. The van der Waals surface area contributed by atoms with Crippen LogP contribution in [0.4, 0.5) is 0 Å². The average molecular weight is 452 g/mol. The largest absolute Gasteiger partial charge is 0.493 e. The highest BCUT2D eigenvalue weighted by atomic mass is 16.5. The van der Waals surface area contributed by atoms with Crippen LogP contribution in [0.2, 0.25) is 0 Å². The van der Waals surface area contributed by atoms with E-state index in [9.17, 15) is 4.79 Å². The Morgan fingerprint density at radius 1 is 0.939 bits per heavy atom. The molecule has 5 nitrogen and oxygen atoms in total. The van der Waals surface area contributed by atoms with E-state index in [1.165, 1.54) is 48.8 Å². The Hall–Kier alpha value is -2.69. The topological polar surface area (TPSA) is 48.0 Å². The van der Waals surface area contributed by atoms with Gasteiger partial charge in [0, 0.05) is 13.0 Å². The van der Waals surface area contributed by atoms with Gasteiger partial charge in [-0.15, -0.1) is 0 Å². The van der Waals surface area contributed by atoms with Crippen molar-refractivity contribution in [2.24, 2.45) is 5.92 Å². The molecule has 1 heterocycles. The number of methoxy groups -OCH3 is 2. The molecule has 1 atom stereocenters. The minimum absolute atomic E-state index is 0.148. The quantitative estimate of drug-likeness (QED) is 0.534. The van der Waals surface area contributed by atoms with E-state index in [4.69, 9.17) is 14.2 Å². The van der Waals surface area contributed by atoms with Gasteiger partial charge < -0.3 is 19.1 Å². The van der Waals surface area contributed by atoms with Crippen molar-refractivity contribution in [3.63, 3.8) is 0 Å². The van der Waals surface area contributed by atoms with E-state index in [0.717, 1.165) is 23.5 Å². The maximum atomic E-state index is 13.5. The molecule has 2 aromatic rings. The summed E-state index contributed by atoms with van der Waals surface area (Å²) in [5.74, 6) is 3.02. The first-order valence-electron chi connectivity index (χ1n) is 12.2. The van der Waals surface area contributed by atoms with Crippen LogP contribution in [0.5, 0.6) is 17.2 Å². The van der Waals surface area contributed by atoms with Gasteiger partial charge in [0.1, 0.15) is 12.4 Å². The summed E-state index contributed by atoms with van der Waals surface area (Å²) >= 11 is 0. The first kappa shape index (κ1) is 23.5. The summed E-state index contributed by atoms with van der Waals surface area (Å²) in [6.07, 6.45) is 7.59. The monoisotopic (exact) mass is 451 g/mol. The van der Waals surface area contributed by atoms with Crippen LogP contribution in [-0.2, 0) is 11.2 Å². The van der Waals surface area contributed by atoms with Crippen molar-refractivity contribution in [1.29, 1.82) is 0 Å². The van der Waals surface area contributed by atoms with Crippen LogP contribution in [0, 0.1) is 19.8 Å². The Balaban J connectivity index is 1.61. The van der Waals surface area contributed by atoms with Gasteiger partial charge in [0.15, 0.2) is 11.5 Å². The molecule has 0 saturated heterocycles. The van der Waals surface area contributed by atoms with Gasteiger partial charge in [-0.05, 0) is 85.5 Å². The third-order valence-corrected chi connectivity index (χ3v) is 7.11. The van der Waals surface area contributed by atoms with Crippen molar-refractivity contribution in [2.75, 3.05) is 27.4 Å². The summed E-state index contributed by atoms with van der Waals surface area (Å²) in [6, 6.07) is 10.2. The minimum Gasteiger partial charge on any atom is -0.493 e. The molecule has 0 unspecified atom stereocenters. The molecule has 4 rings (SSSR count). The smallest absolute Gasteiger partial charge is 0.223 e. The Morgan fingerprint density at radius 3 is 2.27 bits per heavy atom. The fourth-order valence-electron chi connectivity index (χ4n) is 5.45. The van der Waals surface area contributed by atoms with Gasteiger partial charge in [-0.25, -0.2) is 0 Å². The summed E-state index contributed by atoms with van der Waals surface area (Å²) in [7, 11) is 3.31. The van der Waals surface area contributed by atoms with E-state index < -0.39 is 0 Å². The zero-order chi connectivity index (χ0) is 23.4. The van der Waals surface area contributed by atoms with Crippen molar-refractivity contribution < 1.29 is 19.0 Å². The zero-order valence-corrected chi connectivity index (χ0v) is 20.5. The Morgan fingerprint density at radius 2 is 1.61 bits per heavy atom. The molecule has 5 heteroatoms. The van der Waals surface area contributed by atoms with E-state index in [2.05, 4.69) is 38.1 Å². The zero-order valence-electron chi connectivity index (χ0n) is 20.5. The molecule has 2 aromatic carbocycles. The van der Waals surface area contributed by atoms with Crippen molar-refractivity contribution in [3.05, 3.63) is 52.6 Å². The van der Waals surface area contributed by atoms with Crippen LogP contribution in [0.1, 0.15) is 66.8 Å². The first-order chi connectivity index (χ1) is 16.0. The molecule has 0 radical (unpaired) electrons. The Bertz CT molecular complexity index is 960.